The number of nitrogens with zero attached hydrogens (tertiary/aromatic N) is 4. The molecule has 1 amide bonds. The molecule has 5 rings (SSSR count). The number of hydrogen-bond donors (Lipinski definition) is 2. The Morgan fingerprint density at radius 2 is 1.72 bits per heavy atom. The number of pyridine rings is 2. The lowest BCUT2D eigenvalue weighted by atomic mass is 10.0. The summed E-state index contributed by atoms with van der Waals surface area (Å²) in [5, 5.41) is 3.82. The summed E-state index contributed by atoms with van der Waals surface area (Å²) >= 11 is 0. The highest BCUT2D eigenvalue weighted by molar-refractivity contribution is 5.98. The Kier molecular flexibility index (Phi) is 6.23. The number of carbonyl (C=O) groups is 1. The second-order valence-electron chi connectivity index (χ2n) is 8.23. The van der Waals surface area contributed by atoms with Crippen LogP contribution >= 0.6 is 0 Å². The Labute approximate surface area is 208 Å². The Balaban J connectivity index is 1.55. The van der Waals surface area contributed by atoms with Crippen molar-refractivity contribution in [3.8, 4) is 28.4 Å². The summed E-state index contributed by atoms with van der Waals surface area (Å²) in [7, 11) is 1.55. The van der Waals surface area contributed by atoms with Gasteiger partial charge in [-0.3, -0.25) is 9.78 Å². The van der Waals surface area contributed by atoms with E-state index in [0.29, 0.717) is 23.0 Å². The van der Waals surface area contributed by atoms with E-state index in [0.717, 1.165) is 27.6 Å². The maximum absolute atomic E-state index is 13.2. The Hall–Kier alpha value is -4.85. The van der Waals surface area contributed by atoms with Crippen LogP contribution in [0.15, 0.2) is 79.0 Å². The molecule has 2 aromatic carbocycles. The molecular weight excluding hydrogens is 452 g/mol. The van der Waals surface area contributed by atoms with Gasteiger partial charge in [0.2, 0.25) is 5.88 Å². The van der Waals surface area contributed by atoms with Gasteiger partial charge in [0.1, 0.15) is 0 Å². The van der Waals surface area contributed by atoms with Crippen LogP contribution in [0.1, 0.15) is 21.7 Å². The Morgan fingerprint density at radius 3 is 2.53 bits per heavy atom. The van der Waals surface area contributed by atoms with E-state index in [-0.39, 0.29) is 18.1 Å². The zero-order chi connectivity index (χ0) is 25.1. The number of rotatable bonds is 6. The summed E-state index contributed by atoms with van der Waals surface area (Å²) in [5.41, 5.74) is 11.6. The first-order chi connectivity index (χ1) is 17.5. The summed E-state index contributed by atoms with van der Waals surface area (Å²) in [6.45, 7) is 2.11. The summed E-state index contributed by atoms with van der Waals surface area (Å²) in [6.07, 6.45) is 1.75. The van der Waals surface area contributed by atoms with Crippen molar-refractivity contribution in [2.75, 3.05) is 12.8 Å². The number of nitrogens with one attached hydrogen (secondary N) is 1. The molecule has 3 heterocycles. The largest absolute Gasteiger partial charge is 0.481 e. The molecule has 0 saturated carbocycles. The van der Waals surface area contributed by atoms with Crippen molar-refractivity contribution in [3.63, 3.8) is 0 Å². The van der Waals surface area contributed by atoms with Crippen molar-refractivity contribution in [2.45, 2.75) is 13.5 Å². The molecule has 0 atom stereocenters. The van der Waals surface area contributed by atoms with Crippen LogP contribution in [0.3, 0.4) is 0 Å². The summed E-state index contributed by atoms with van der Waals surface area (Å²) in [4.78, 5) is 31.3. The molecule has 0 aliphatic heterocycles. The highest BCUT2D eigenvalue weighted by Crippen LogP contribution is 2.32. The van der Waals surface area contributed by atoms with Crippen LogP contribution in [0.5, 0.6) is 5.88 Å². The van der Waals surface area contributed by atoms with Crippen LogP contribution in [-0.4, -0.2) is 33.0 Å². The molecule has 0 aliphatic carbocycles. The third-order valence-electron chi connectivity index (χ3n) is 5.86. The number of anilines is 1. The van der Waals surface area contributed by atoms with E-state index < -0.39 is 5.91 Å². The number of amides is 1. The van der Waals surface area contributed by atoms with Gasteiger partial charge in [0, 0.05) is 28.8 Å². The molecule has 36 heavy (non-hydrogen) atoms. The van der Waals surface area contributed by atoms with Crippen molar-refractivity contribution in [1.82, 2.24) is 25.3 Å². The molecule has 0 spiro atoms. The quantitative estimate of drug-likeness (QED) is 0.368. The standard InChI is InChI=1S/C28H24N6O2/c1-17-10-13-23(36-2)32-22(17)16-31-28(35)26-27(29)34-24(18-7-4-3-5-8-18)25(33-26)20-11-12-21-19(15-20)9-6-14-30-21/h3-15H,16H2,1-2H3,(H2,29,34)(H,31,35). The van der Waals surface area contributed by atoms with E-state index >= 15 is 0 Å². The lowest BCUT2D eigenvalue weighted by Gasteiger charge is -2.14. The molecule has 0 saturated heterocycles. The predicted octanol–water partition coefficient (Wildman–Crippen LogP) is 4.58. The minimum absolute atomic E-state index is 0.0490. The van der Waals surface area contributed by atoms with Gasteiger partial charge in [-0.05, 0) is 30.7 Å². The van der Waals surface area contributed by atoms with Gasteiger partial charge in [-0.1, -0.05) is 48.5 Å². The van der Waals surface area contributed by atoms with Gasteiger partial charge in [-0.25, -0.2) is 15.0 Å². The molecule has 0 radical (unpaired) electrons. The lowest BCUT2D eigenvalue weighted by Crippen LogP contribution is -2.26. The number of aryl methyl sites for hydroxylation is 1. The molecule has 3 N–H and O–H groups in total. The van der Waals surface area contributed by atoms with Gasteiger partial charge in [-0.15, -0.1) is 0 Å². The zero-order valence-corrected chi connectivity index (χ0v) is 19.9. The van der Waals surface area contributed by atoms with Gasteiger partial charge in [0.05, 0.1) is 36.3 Å². The third kappa shape index (κ3) is 4.56. The summed E-state index contributed by atoms with van der Waals surface area (Å²) < 4.78 is 5.20. The monoisotopic (exact) mass is 476 g/mol. The number of nitrogen functional groups attached to an aromatic ring is 1. The fourth-order valence-corrected chi connectivity index (χ4v) is 3.93. The number of fused-ring (bicyclic) bond motifs is 1. The van der Waals surface area contributed by atoms with E-state index in [2.05, 4.69) is 20.3 Å². The van der Waals surface area contributed by atoms with E-state index in [1.165, 1.54) is 0 Å². The summed E-state index contributed by atoms with van der Waals surface area (Å²) in [5.74, 6) is 0.0877. The normalized spacial score (nSPS) is 10.8. The number of aromatic nitrogens is 4. The smallest absolute Gasteiger partial charge is 0.274 e. The maximum atomic E-state index is 13.2. The highest BCUT2D eigenvalue weighted by atomic mass is 16.5. The van der Waals surface area contributed by atoms with Crippen molar-refractivity contribution >= 4 is 22.6 Å². The molecule has 0 unspecified atom stereocenters. The Bertz CT molecular complexity index is 1570. The lowest BCUT2D eigenvalue weighted by molar-refractivity contribution is 0.0946. The van der Waals surface area contributed by atoms with Gasteiger partial charge >= 0.3 is 0 Å². The number of carbonyl (C=O) groups excluding carboxylic acids is 1. The fraction of sp³-hybridized carbons (Fsp3) is 0.107. The van der Waals surface area contributed by atoms with E-state index in [1.54, 1.807) is 19.4 Å². The first kappa shape index (κ1) is 22.9. The van der Waals surface area contributed by atoms with E-state index in [4.69, 9.17) is 15.5 Å². The number of ether oxygens (including phenoxy) is 1. The van der Waals surface area contributed by atoms with Crippen LogP contribution in [0.2, 0.25) is 0 Å². The fourth-order valence-electron chi connectivity index (χ4n) is 3.93. The van der Waals surface area contributed by atoms with Gasteiger partial charge in [0.25, 0.3) is 5.91 Å². The van der Waals surface area contributed by atoms with Crippen LogP contribution in [0.4, 0.5) is 5.82 Å². The summed E-state index contributed by atoms with van der Waals surface area (Å²) in [6, 6.07) is 23.0. The average Bonchev–Trinajstić information content (AvgIpc) is 2.92. The molecule has 5 aromatic rings. The van der Waals surface area contributed by atoms with E-state index in [9.17, 15) is 4.79 Å². The van der Waals surface area contributed by atoms with Crippen molar-refractivity contribution in [2.24, 2.45) is 0 Å². The third-order valence-corrected chi connectivity index (χ3v) is 5.86. The van der Waals surface area contributed by atoms with Crippen LogP contribution in [0.25, 0.3) is 33.4 Å². The topological polar surface area (TPSA) is 116 Å². The molecule has 8 nitrogen and oxygen atoms in total. The number of benzene rings is 2. The molecule has 8 heteroatoms. The maximum Gasteiger partial charge on any atom is 0.274 e. The van der Waals surface area contributed by atoms with Gasteiger partial charge in [0.15, 0.2) is 11.5 Å². The minimum atomic E-state index is -0.438. The van der Waals surface area contributed by atoms with Crippen molar-refractivity contribution in [3.05, 3.63) is 95.9 Å². The molecule has 3 aromatic heterocycles. The van der Waals surface area contributed by atoms with Crippen molar-refractivity contribution in [1.29, 1.82) is 0 Å². The first-order valence-corrected chi connectivity index (χ1v) is 11.4. The van der Waals surface area contributed by atoms with Gasteiger partial charge < -0.3 is 15.8 Å². The number of hydrogen-bond acceptors (Lipinski definition) is 7. The van der Waals surface area contributed by atoms with Crippen LogP contribution in [-0.2, 0) is 6.54 Å². The van der Waals surface area contributed by atoms with Crippen LogP contribution in [0, 0.1) is 6.92 Å². The predicted molar refractivity (Wildman–Crippen MR) is 139 cm³/mol. The van der Waals surface area contributed by atoms with E-state index in [1.807, 2.05) is 73.7 Å². The SMILES string of the molecule is COc1ccc(C)c(CNC(=O)c2nc(-c3ccc4ncccc4c3)c(-c3ccccc3)nc2N)n1. The highest BCUT2D eigenvalue weighted by Gasteiger charge is 2.20. The molecule has 0 bridgehead atoms. The van der Waals surface area contributed by atoms with Crippen molar-refractivity contribution < 1.29 is 9.53 Å². The number of nitrogens with two attached hydrogens (primary N) is 1. The Morgan fingerprint density at radius 1 is 0.917 bits per heavy atom. The average molecular weight is 477 g/mol. The zero-order valence-electron chi connectivity index (χ0n) is 19.9. The molecule has 0 aliphatic rings. The molecular formula is C28H24N6O2. The minimum Gasteiger partial charge on any atom is -0.481 e. The van der Waals surface area contributed by atoms with Crippen LogP contribution < -0.4 is 15.8 Å². The first-order valence-electron chi connectivity index (χ1n) is 11.4. The second-order valence-corrected chi connectivity index (χ2v) is 8.23. The number of methoxy groups -OCH3 is 1. The second kappa shape index (κ2) is 9.79. The van der Waals surface area contributed by atoms with Gasteiger partial charge in [-0.2, -0.15) is 0 Å². The molecule has 0 fully saturated rings. The molecule has 178 valence electrons.